The van der Waals surface area contributed by atoms with Gasteiger partial charge < -0.3 is 16.0 Å². The fraction of sp³-hybridized carbons (Fsp3) is 0.500. The van der Waals surface area contributed by atoms with Gasteiger partial charge in [-0.15, -0.1) is 0 Å². The smallest absolute Gasteiger partial charge is 0.257 e. The van der Waals surface area contributed by atoms with E-state index in [1.807, 2.05) is 6.07 Å². The number of carbonyl (C=O) groups excluding carboxylic acids is 1. The van der Waals surface area contributed by atoms with E-state index >= 15 is 0 Å². The first-order valence-electron chi connectivity index (χ1n) is 10.3. The molecule has 1 aliphatic heterocycles. The summed E-state index contributed by atoms with van der Waals surface area (Å²) in [6, 6.07) is 6.38. The predicted octanol–water partition coefficient (Wildman–Crippen LogP) is 2.81. The van der Waals surface area contributed by atoms with Crippen LogP contribution in [0.4, 0.5) is 10.2 Å². The number of carbonyl (C=O) groups is 1. The zero-order valence-electron chi connectivity index (χ0n) is 17.0. The summed E-state index contributed by atoms with van der Waals surface area (Å²) >= 11 is 0. The second-order valence-corrected chi connectivity index (χ2v) is 8.31. The minimum absolute atomic E-state index is 0.205. The Bertz CT molecular complexity index is 919. The largest absolute Gasteiger partial charge is 0.356 e. The van der Waals surface area contributed by atoms with Crippen molar-refractivity contribution >= 4 is 11.7 Å². The molecule has 0 atom stereocenters. The Kier molecular flexibility index (Phi) is 5.25. The number of rotatable bonds is 5. The summed E-state index contributed by atoms with van der Waals surface area (Å²) in [6.07, 6.45) is 4.14. The van der Waals surface area contributed by atoms with Crippen LogP contribution in [0.1, 0.15) is 42.4 Å². The number of nitrogens with two attached hydrogens (primary N) is 1. The number of amides is 1. The zero-order chi connectivity index (χ0) is 20.6. The van der Waals surface area contributed by atoms with E-state index in [1.165, 1.54) is 11.1 Å². The molecule has 2 aromatic rings. The number of nitrogens with one attached hydrogen (secondary N) is 1. The van der Waals surface area contributed by atoms with E-state index in [-0.39, 0.29) is 12.6 Å². The standard InChI is InChI=1S/C22H28FN5O/c1-14-3-4-16(11-15(14)2)19-25-12-17(13-26-21(29)22(23)7-8-22)20(27-19)28-9-5-18(24)6-10-28/h3-4,11-12,18H,5-10,13,24H2,1-2H3,(H,26,29). The van der Waals surface area contributed by atoms with Gasteiger partial charge >= 0.3 is 0 Å². The molecule has 1 aliphatic carbocycles. The second kappa shape index (κ2) is 7.71. The third-order valence-electron chi connectivity index (χ3n) is 5.98. The summed E-state index contributed by atoms with van der Waals surface area (Å²) in [5.41, 5.74) is 8.54. The molecule has 154 valence electrons. The van der Waals surface area contributed by atoms with Gasteiger partial charge in [0, 0.05) is 43.0 Å². The van der Waals surface area contributed by atoms with Crippen molar-refractivity contribution in [3.63, 3.8) is 0 Å². The quantitative estimate of drug-likeness (QED) is 0.811. The van der Waals surface area contributed by atoms with Crippen molar-refractivity contribution in [1.29, 1.82) is 0 Å². The number of piperidine rings is 1. The van der Waals surface area contributed by atoms with Crippen LogP contribution in [0.2, 0.25) is 0 Å². The first-order valence-corrected chi connectivity index (χ1v) is 10.3. The highest BCUT2D eigenvalue weighted by Gasteiger charge is 2.50. The maximum Gasteiger partial charge on any atom is 0.257 e. The van der Waals surface area contributed by atoms with Gasteiger partial charge in [0.15, 0.2) is 11.5 Å². The molecule has 2 heterocycles. The van der Waals surface area contributed by atoms with Crippen molar-refractivity contribution in [2.45, 2.75) is 57.8 Å². The fourth-order valence-electron chi connectivity index (χ4n) is 3.60. The van der Waals surface area contributed by atoms with Crippen molar-refractivity contribution in [2.24, 2.45) is 5.73 Å². The van der Waals surface area contributed by atoms with Crippen molar-refractivity contribution in [3.05, 3.63) is 41.1 Å². The minimum atomic E-state index is -1.68. The molecule has 1 saturated carbocycles. The number of hydrogen-bond donors (Lipinski definition) is 2. The van der Waals surface area contributed by atoms with Gasteiger partial charge in [-0.1, -0.05) is 12.1 Å². The summed E-state index contributed by atoms with van der Waals surface area (Å²) in [7, 11) is 0. The van der Waals surface area contributed by atoms with E-state index in [9.17, 15) is 9.18 Å². The lowest BCUT2D eigenvalue weighted by Gasteiger charge is -2.32. The topological polar surface area (TPSA) is 84.1 Å². The number of aromatic nitrogens is 2. The summed E-state index contributed by atoms with van der Waals surface area (Å²) in [5, 5.41) is 2.72. The van der Waals surface area contributed by atoms with Gasteiger partial charge in [0.1, 0.15) is 5.82 Å². The first kappa shape index (κ1) is 19.8. The van der Waals surface area contributed by atoms with Crippen LogP contribution in [-0.2, 0) is 11.3 Å². The highest BCUT2D eigenvalue weighted by molar-refractivity contribution is 5.87. The van der Waals surface area contributed by atoms with Crippen molar-refractivity contribution in [3.8, 4) is 11.4 Å². The molecule has 0 bridgehead atoms. The van der Waals surface area contributed by atoms with Crippen LogP contribution in [-0.4, -0.2) is 40.7 Å². The van der Waals surface area contributed by atoms with Crippen LogP contribution in [0, 0.1) is 13.8 Å². The molecule has 7 heteroatoms. The average Bonchev–Trinajstić information content (AvgIpc) is 3.47. The lowest BCUT2D eigenvalue weighted by Crippen LogP contribution is -2.41. The molecule has 2 aliphatic rings. The summed E-state index contributed by atoms with van der Waals surface area (Å²) in [4.78, 5) is 23.6. The summed E-state index contributed by atoms with van der Waals surface area (Å²) < 4.78 is 14.0. The third kappa shape index (κ3) is 4.24. The molecule has 1 saturated heterocycles. The number of halogens is 1. The lowest BCUT2D eigenvalue weighted by molar-refractivity contribution is -0.127. The highest BCUT2D eigenvalue weighted by atomic mass is 19.1. The number of anilines is 1. The molecule has 2 fully saturated rings. The first-order chi connectivity index (χ1) is 13.9. The molecular weight excluding hydrogens is 369 g/mol. The minimum Gasteiger partial charge on any atom is -0.356 e. The Morgan fingerprint density at radius 1 is 1.28 bits per heavy atom. The molecular formula is C22H28FN5O. The average molecular weight is 397 g/mol. The Balaban J connectivity index is 1.62. The highest BCUT2D eigenvalue weighted by Crippen LogP contribution is 2.40. The number of hydrogen-bond acceptors (Lipinski definition) is 5. The van der Waals surface area contributed by atoms with Crippen LogP contribution in [0.3, 0.4) is 0 Å². The SMILES string of the molecule is Cc1ccc(-c2ncc(CNC(=O)C3(F)CC3)c(N3CCC(N)CC3)n2)cc1C. The molecule has 4 rings (SSSR count). The Morgan fingerprint density at radius 3 is 2.66 bits per heavy atom. The normalized spacial score (nSPS) is 18.6. The summed E-state index contributed by atoms with van der Waals surface area (Å²) in [5.74, 6) is 0.906. The number of benzene rings is 1. The second-order valence-electron chi connectivity index (χ2n) is 8.31. The predicted molar refractivity (Wildman–Crippen MR) is 111 cm³/mol. The van der Waals surface area contributed by atoms with Crippen LogP contribution >= 0.6 is 0 Å². The van der Waals surface area contributed by atoms with Gasteiger partial charge in [0.05, 0.1) is 0 Å². The Morgan fingerprint density at radius 2 is 2.00 bits per heavy atom. The molecule has 1 aromatic heterocycles. The third-order valence-corrected chi connectivity index (χ3v) is 5.98. The number of nitrogens with zero attached hydrogens (tertiary/aromatic N) is 3. The summed E-state index contributed by atoms with van der Waals surface area (Å²) in [6.45, 7) is 5.97. The molecule has 0 radical (unpaired) electrons. The molecule has 6 nitrogen and oxygen atoms in total. The van der Waals surface area contributed by atoms with Gasteiger partial charge in [-0.05, 0) is 56.7 Å². The van der Waals surface area contributed by atoms with Gasteiger partial charge in [-0.3, -0.25) is 4.79 Å². The monoisotopic (exact) mass is 397 g/mol. The van der Waals surface area contributed by atoms with Crippen molar-refractivity contribution in [1.82, 2.24) is 15.3 Å². The maximum absolute atomic E-state index is 14.0. The number of aryl methyl sites for hydroxylation is 2. The molecule has 1 amide bonds. The lowest BCUT2D eigenvalue weighted by atomic mass is 10.0. The van der Waals surface area contributed by atoms with E-state index in [0.29, 0.717) is 18.7 Å². The molecule has 3 N–H and O–H groups in total. The van der Waals surface area contributed by atoms with Crippen LogP contribution < -0.4 is 16.0 Å². The van der Waals surface area contributed by atoms with Gasteiger partial charge in [-0.2, -0.15) is 0 Å². The van der Waals surface area contributed by atoms with Crippen LogP contribution in [0.25, 0.3) is 11.4 Å². The van der Waals surface area contributed by atoms with E-state index in [2.05, 4.69) is 41.2 Å². The van der Waals surface area contributed by atoms with E-state index in [1.54, 1.807) is 6.20 Å². The zero-order valence-corrected chi connectivity index (χ0v) is 17.0. The van der Waals surface area contributed by atoms with Gasteiger partial charge in [-0.25, -0.2) is 14.4 Å². The van der Waals surface area contributed by atoms with Crippen LogP contribution in [0.15, 0.2) is 24.4 Å². The maximum atomic E-state index is 14.0. The van der Waals surface area contributed by atoms with Crippen LogP contribution in [0.5, 0.6) is 0 Å². The molecule has 29 heavy (non-hydrogen) atoms. The van der Waals surface area contributed by atoms with Crippen molar-refractivity contribution in [2.75, 3.05) is 18.0 Å². The van der Waals surface area contributed by atoms with E-state index in [4.69, 9.17) is 10.7 Å². The number of alkyl halides is 1. The molecule has 1 aromatic carbocycles. The van der Waals surface area contributed by atoms with Gasteiger partial charge in [0.25, 0.3) is 5.91 Å². The van der Waals surface area contributed by atoms with E-state index < -0.39 is 11.6 Å². The van der Waals surface area contributed by atoms with Gasteiger partial charge in [0.2, 0.25) is 0 Å². The van der Waals surface area contributed by atoms with Crippen molar-refractivity contribution < 1.29 is 9.18 Å². The van der Waals surface area contributed by atoms with E-state index in [0.717, 1.165) is 42.9 Å². The Labute approximate surface area is 170 Å². The fourth-order valence-corrected chi connectivity index (χ4v) is 3.60. The molecule has 0 unspecified atom stereocenters. The Hall–Kier alpha value is -2.54. The molecule has 0 spiro atoms.